The number of nitrogens with zero attached hydrogens (tertiary/aromatic N) is 2. The van der Waals surface area contributed by atoms with Crippen molar-refractivity contribution in [2.45, 2.75) is 116 Å². The molecule has 3 unspecified atom stereocenters. The molecule has 0 fully saturated rings. The molecule has 2 aliphatic rings. The van der Waals surface area contributed by atoms with E-state index < -0.39 is 82.8 Å². The Kier molecular flexibility index (Phi) is 29.9. The maximum absolute atomic E-state index is 13.4. The second kappa shape index (κ2) is 36.0. The van der Waals surface area contributed by atoms with Crippen LogP contribution >= 0.6 is 0 Å². The van der Waals surface area contributed by atoms with Crippen molar-refractivity contribution in [3.05, 3.63) is 83.6 Å². The molecule has 522 valence electrons. The van der Waals surface area contributed by atoms with E-state index in [1.54, 1.807) is 26.4 Å². The summed E-state index contributed by atoms with van der Waals surface area (Å²) in [6.07, 6.45) is 9.04. The van der Waals surface area contributed by atoms with Gasteiger partial charge in [0.2, 0.25) is 0 Å². The van der Waals surface area contributed by atoms with Crippen molar-refractivity contribution in [2.75, 3.05) is 156 Å². The van der Waals surface area contributed by atoms with E-state index in [4.69, 9.17) is 47.4 Å². The number of anilines is 2. The Labute approximate surface area is 546 Å². The zero-order valence-corrected chi connectivity index (χ0v) is 57.1. The van der Waals surface area contributed by atoms with Crippen molar-refractivity contribution in [1.82, 2.24) is 0 Å². The van der Waals surface area contributed by atoms with Crippen molar-refractivity contribution in [2.24, 2.45) is 5.92 Å². The van der Waals surface area contributed by atoms with Gasteiger partial charge in [0, 0.05) is 85.1 Å². The highest BCUT2D eigenvalue weighted by atomic mass is 32.2. The van der Waals surface area contributed by atoms with Gasteiger partial charge in [0.15, 0.2) is 0 Å². The van der Waals surface area contributed by atoms with Crippen LogP contribution in [0.15, 0.2) is 92.0 Å². The molecule has 4 aromatic carbocycles. The summed E-state index contributed by atoms with van der Waals surface area (Å²) in [7, 11) is -17.2. The van der Waals surface area contributed by atoms with Crippen molar-refractivity contribution < 1.29 is 109 Å². The second-order valence-electron chi connectivity index (χ2n) is 23.3. The maximum atomic E-state index is 13.4. The zero-order chi connectivity index (χ0) is 68.0. The highest BCUT2D eigenvalue weighted by Crippen LogP contribution is 2.54. The van der Waals surface area contributed by atoms with Gasteiger partial charge in [-0.15, -0.1) is 0 Å². The highest BCUT2D eigenvalue weighted by molar-refractivity contribution is 7.87. The van der Waals surface area contributed by atoms with Crippen LogP contribution in [0.4, 0.5) is 11.4 Å². The van der Waals surface area contributed by atoms with E-state index in [0.717, 1.165) is 12.1 Å². The van der Waals surface area contributed by atoms with Crippen LogP contribution in [0.5, 0.6) is 0 Å². The zero-order valence-electron chi connectivity index (χ0n) is 53.8. The van der Waals surface area contributed by atoms with E-state index in [1.165, 1.54) is 18.2 Å². The van der Waals surface area contributed by atoms with Gasteiger partial charge in [0.05, 0.1) is 122 Å². The van der Waals surface area contributed by atoms with Gasteiger partial charge in [0.1, 0.15) is 9.79 Å². The Morgan fingerprint density at radius 1 is 0.538 bits per heavy atom. The van der Waals surface area contributed by atoms with Crippen molar-refractivity contribution in [3.63, 3.8) is 0 Å². The van der Waals surface area contributed by atoms with Gasteiger partial charge in [-0.25, -0.2) is 0 Å². The Bertz CT molecular complexity index is 3640. The third kappa shape index (κ3) is 21.6. The molecule has 6 rings (SSSR count). The van der Waals surface area contributed by atoms with Gasteiger partial charge in [-0.2, -0.15) is 33.7 Å². The minimum Gasteiger partial charge on any atom is -0.481 e. The molecular weight excluding hydrogens is 1300 g/mol. The fourth-order valence-corrected chi connectivity index (χ4v) is 14.8. The SMILES string of the molecule is CCCC1CC(/C=C/C=C2/N(CCCCCC(=O)O)c3ccc4c(S(=O)(=O)O)cc(S(=O)(=O)O)cc4c3C2(C)C)C(C)(CCOCCOCCOCCOC)c2c(ccc3c(S(=O)(=O)O)cc(S(=O)(=O)O)cc23)N1CCOCCOCCOCCOCCOCCOC. The van der Waals surface area contributed by atoms with Gasteiger partial charge >= 0.3 is 5.97 Å². The highest BCUT2D eigenvalue weighted by Gasteiger charge is 2.45. The Morgan fingerprint density at radius 2 is 0.978 bits per heavy atom. The number of carboxylic acid groups (broad SMARTS) is 1. The summed E-state index contributed by atoms with van der Waals surface area (Å²) in [4.78, 5) is 12.7. The number of fused-ring (bicyclic) bond motifs is 6. The lowest BCUT2D eigenvalue weighted by atomic mass is 9.66. The first-order chi connectivity index (χ1) is 44.1. The minimum absolute atomic E-state index is 0.00819. The van der Waals surface area contributed by atoms with Crippen molar-refractivity contribution in [1.29, 1.82) is 0 Å². The van der Waals surface area contributed by atoms with Gasteiger partial charge in [0.25, 0.3) is 40.5 Å². The summed E-state index contributed by atoms with van der Waals surface area (Å²) in [5.41, 5.74) is 0.562. The second-order valence-corrected chi connectivity index (χ2v) is 28.9. The third-order valence-electron chi connectivity index (χ3n) is 16.6. The predicted molar refractivity (Wildman–Crippen MR) is 347 cm³/mol. The van der Waals surface area contributed by atoms with E-state index in [9.17, 15) is 61.8 Å². The summed E-state index contributed by atoms with van der Waals surface area (Å²) in [5, 5.41) is 9.65. The van der Waals surface area contributed by atoms with Crippen molar-refractivity contribution >= 4 is 79.4 Å². The van der Waals surface area contributed by atoms with Crippen LogP contribution in [0.25, 0.3) is 21.5 Å². The molecule has 0 aromatic heterocycles. The summed E-state index contributed by atoms with van der Waals surface area (Å²) < 4.78 is 203. The predicted octanol–water partition coefficient (Wildman–Crippen LogP) is 7.93. The van der Waals surface area contributed by atoms with E-state index in [0.29, 0.717) is 159 Å². The maximum Gasteiger partial charge on any atom is 0.303 e. The number of benzene rings is 4. The van der Waals surface area contributed by atoms with Crippen LogP contribution in [0.1, 0.15) is 90.2 Å². The molecule has 0 radical (unpaired) electrons. The summed E-state index contributed by atoms with van der Waals surface area (Å²) in [6.45, 7) is 14.2. The Balaban J connectivity index is 1.44. The number of carboxylic acids is 1. The molecule has 4 aromatic rings. The Morgan fingerprint density at radius 3 is 1.42 bits per heavy atom. The fraction of sp³-hybridized carbons (Fsp3) is 0.603. The molecule has 0 saturated carbocycles. The first-order valence-electron chi connectivity index (χ1n) is 31.0. The monoisotopic (exact) mass is 1390 g/mol. The van der Waals surface area contributed by atoms with E-state index in [-0.39, 0.29) is 86.6 Å². The van der Waals surface area contributed by atoms with Gasteiger partial charge in [-0.3, -0.25) is 23.0 Å². The van der Waals surface area contributed by atoms with Crippen molar-refractivity contribution in [3.8, 4) is 0 Å². The normalized spacial score (nSPS) is 18.3. The molecule has 0 saturated heterocycles. The summed E-state index contributed by atoms with van der Waals surface area (Å²) in [5.74, 6) is -1.48. The molecule has 0 bridgehead atoms. The van der Waals surface area contributed by atoms with Crippen LogP contribution < -0.4 is 9.80 Å². The number of allylic oxidation sites excluding steroid dienone is 4. The summed E-state index contributed by atoms with van der Waals surface area (Å²) >= 11 is 0. The lowest BCUT2D eigenvalue weighted by Crippen LogP contribution is -2.38. The topological polar surface area (TPSA) is 354 Å². The lowest BCUT2D eigenvalue weighted by molar-refractivity contribution is -0.137. The third-order valence-corrected chi connectivity index (χ3v) is 20.0. The number of methoxy groups -OCH3 is 2. The number of hydrogen-bond acceptors (Lipinski definition) is 21. The van der Waals surface area contributed by atoms with E-state index >= 15 is 0 Å². The molecule has 30 heteroatoms. The standard InChI is InChI=1S/C63H92N2O24S4/c1-7-12-47-41-46(13-11-14-58-62(2,3)60-52-42-48(90(68,69)70)44-56(92(74,75)76)50(52)16-18-54(60)65(58)21-10-8-9-15-59(66)67)63(4,20-23-82-29-31-86-35-33-84-27-25-80-5)61-53-43-49(91(71,72)73)45-57(93(77,78)79)51(53)17-19-55(61)64(47)22-24-83-30-32-87-37-38-89-40-39-88-36-34-85-28-26-81-6/h11,13-14,16-19,42-47H,7-10,12,15,20-41H2,1-6H3,(H,66,67)(H,68,69,70)(H,71,72,73)(H,74,75,76)(H,77,78,79)/b13-11+,58-14+. The minimum atomic E-state index is -5.15. The average Bonchev–Trinajstić information content (AvgIpc) is 1.66. The molecule has 26 nitrogen and oxygen atoms in total. The molecule has 3 atom stereocenters. The van der Waals surface area contributed by atoms with Crippen LogP contribution in [0.3, 0.4) is 0 Å². The van der Waals surface area contributed by atoms with Gasteiger partial charge in [-0.1, -0.05) is 64.8 Å². The first-order valence-corrected chi connectivity index (χ1v) is 36.7. The molecule has 2 aliphatic heterocycles. The summed E-state index contributed by atoms with van der Waals surface area (Å²) in [6, 6.07) is 9.90. The van der Waals surface area contributed by atoms with E-state index in [1.807, 2.05) is 50.8 Å². The number of aliphatic carboxylic acids is 1. The molecule has 5 N–H and O–H groups in total. The van der Waals surface area contributed by atoms with Crippen LogP contribution in [0.2, 0.25) is 0 Å². The van der Waals surface area contributed by atoms with Crippen LogP contribution in [-0.4, -0.2) is 215 Å². The molecule has 93 heavy (non-hydrogen) atoms. The average molecular weight is 1390 g/mol. The van der Waals surface area contributed by atoms with E-state index in [2.05, 4.69) is 4.90 Å². The number of unbranched alkanes of at least 4 members (excludes halogenated alkanes) is 2. The number of ether oxygens (including phenoxy) is 10. The molecule has 0 aliphatic carbocycles. The number of hydrogen-bond donors (Lipinski definition) is 5. The Hall–Kier alpha value is -4.81. The van der Waals surface area contributed by atoms with Crippen LogP contribution in [0, 0.1) is 5.92 Å². The largest absolute Gasteiger partial charge is 0.481 e. The van der Waals surface area contributed by atoms with Gasteiger partial charge in [-0.05, 0) is 102 Å². The first kappa shape index (κ1) is 77.2. The van der Waals surface area contributed by atoms with Crippen LogP contribution in [-0.2, 0) is 103 Å². The fourth-order valence-electron chi connectivity index (χ4n) is 12.1. The van der Waals surface area contributed by atoms with Gasteiger partial charge < -0.3 is 62.3 Å². The molecule has 2 heterocycles. The molecule has 0 amide bonds. The quantitative estimate of drug-likeness (QED) is 0.0207. The lowest BCUT2D eigenvalue weighted by Gasteiger charge is -2.38. The molecular formula is C63H92N2O24S4. The number of rotatable bonds is 44. The molecule has 0 spiro atoms. The number of carbonyl (C=O) groups is 1. The smallest absolute Gasteiger partial charge is 0.303 e.